The van der Waals surface area contributed by atoms with Gasteiger partial charge in [-0.3, -0.25) is 0 Å². The molecule has 0 aliphatic carbocycles. The summed E-state index contributed by atoms with van der Waals surface area (Å²) in [7, 11) is 4.28. The minimum atomic E-state index is 0. The molecule has 0 amide bonds. The second kappa shape index (κ2) is 8.96. The van der Waals surface area contributed by atoms with Gasteiger partial charge in [-0.25, -0.2) is 0 Å². The van der Waals surface area contributed by atoms with Crippen molar-refractivity contribution in [1.82, 2.24) is 9.80 Å². The molecule has 0 spiro atoms. The van der Waals surface area contributed by atoms with Gasteiger partial charge in [0.2, 0.25) is 0 Å². The monoisotopic (exact) mass is 398 g/mol. The molecule has 0 N–H and O–H groups in total. The number of hydrogen-bond acceptors (Lipinski definition) is 2. The van der Waals surface area contributed by atoms with E-state index in [2.05, 4.69) is 23.9 Å². The Labute approximate surface area is 110 Å². The van der Waals surface area contributed by atoms with Crippen molar-refractivity contribution in [2.75, 3.05) is 40.3 Å². The van der Waals surface area contributed by atoms with Crippen LogP contribution in [0.2, 0.25) is 0 Å². The number of hydrogen-bond donors (Lipinski definition) is 0. The normalized spacial score (nSPS) is 21.5. The van der Waals surface area contributed by atoms with Gasteiger partial charge in [0.15, 0.2) is 0 Å². The SMILES string of the molecule is CN1CCC1.CN1CCC1.I.I. The highest BCUT2D eigenvalue weighted by molar-refractivity contribution is 14.0. The molecule has 0 saturated carbocycles. The van der Waals surface area contributed by atoms with Gasteiger partial charge in [0.1, 0.15) is 0 Å². The summed E-state index contributed by atoms with van der Waals surface area (Å²) in [4.78, 5) is 4.61. The quantitative estimate of drug-likeness (QED) is 0.576. The third-order valence-corrected chi connectivity index (χ3v) is 2.16. The van der Waals surface area contributed by atoms with Crippen LogP contribution in [0.1, 0.15) is 12.8 Å². The molecule has 0 bridgehead atoms. The zero-order chi connectivity index (χ0) is 7.40. The van der Waals surface area contributed by atoms with Gasteiger partial charge in [0.25, 0.3) is 0 Å². The van der Waals surface area contributed by atoms with Crippen LogP contribution >= 0.6 is 48.0 Å². The first-order chi connectivity index (χ1) is 4.79. The molecule has 2 nitrogen and oxygen atoms in total. The Hall–Kier alpha value is 1.38. The summed E-state index contributed by atoms with van der Waals surface area (Å²) in [5, 5.41) is 0. The lowest BCUT2D eigenvalue weighted by Crippen LogP contribution is -2.32. The van der Waals surface area contributed by atoms with E-state index in [1.54, 1.807) is 0 Å². The summed E-state index contributed by atoms with van der Waals surface area (Å²) >= 11 is 0. The smallest absolute Gasteiger partial charge is 0.000959 e. The molecule has 12 heavy (non-hydrogen) atoms. The average Bonchev–Trinajstić information content (AvgIpc) is 1.80. The van der Waals surface area contributed by atoms with Crippen molar-refractivity contribution in [2.45, 2.75) is 12.8 Å². The predicted octanol–water partition coefficient (Wildman–Crippen LogP) is 1.88. The summed E-state index contributed by atoms with van der Waals surface area (Å²) in [5.74, 6) is 0. The van der Waals surface area contributed by atoms with Crippen LogP contribution < -0.4 is 0 Å². The summed E-state index contributed by atoms with van der Waals surface area (Å²) in [6.07, 6.45) is 2.83. The van der Waals surface area contributed by atoms with E-state index in [0.29, 0.717) is 0 Å². The highest BCUT2D eigenvalue weighted by atomic mass is 127. The Kier molecular flexibility index (Phi) is 11.8. The third kappa shape index (κ3) is 6.85. The van der Waals surface area contributed by atoms with Crippen molar-refractivity contribution in [2.24, 2.45) is 0 Å². The van der Waals surface area contributed by atoms with Crippen LogP contribution in [0.25, 0.3) is 0 Å². The van der Waals surface area contributed by atoms with Gasteiger partial charge in [0.05, 0.1) is 0 Å². The Morgan fingerprint density at radius 3 is 0.833 bits per heavy atom. The Balaban J connectivity index is 0. The maximum Gasteiger partial charge on any atom is -0.000959 e. The van der Waals surface area contributed by atoms with E-state index in [1.807, 2.05) is 0 Å². The fourth-order valence-corrected chi connectivity index (χ4v) is 0.949. The first-order valence-corrected chi connectivity index (χ1v) is 4.16. The van der Waals surface area contributed by atoms with E-state index in [4.69, 9.17) is 0 Å². The minimum absolute atomic E-state index is 0. The van der Waals surface area contributed by atoms with Crippen LogP contribution in [0.5, 0.6) is 0 Å². The summed E-state index contributed by atoms with van der Waals surface area (Å²) < 4.78 is 0. The number of nitrogens with zero attached hydrogens (tertiary/aromatic N) is 2. The lowest BCUT2D eigenvalue weighted by atomic mass is 10.2. The lowest BCUT2D eigenvalue weighted by Gasteiger charge is -2.24. The average molecular weight is 398 g/mol. The predicted molar refractivity (Wildman–Crippen MR) is 75.1 cm³/mol. The Morgan fingerprint density at radius 2 is 0.833 bits per heavy atom. The van der Waals surface area contributed by atoms with Crippen molar-refractivity contribution in [3.63, 3.8) is 0 Å². The molecular formula is C8H20I2N2. The van der Waals surface area contributed by atoms with Crippen LogP contribution in [0.15, 0.2) is 0 Å². The molecule has 0 unspecified atom stereocenters. The van der Waals surface area contributed by atoms with Crippen molar-refractivity contribution in [1.29, 1.82) is 0 Å². The first kappa shape index (κ1) is 15.8. The van der Waals surface area contributed by atoms with Gasteiger partial charge in [-0.2, -0.15) is 0 Å². The largest absolute Gasteiger partial charge is 0.306 e. The number of rotatable bonds is 0. The van der Waals surface area contributed by atoms with Crippen LogP contribution in [0, 0.1) is 0 Å². The molecule has 0 aromatic heterocycles. The first-order valence-electron chi connectivity index (χ1n) is 4.16. The summed E-state index contributed by atoms with van der Waals surface area (Å²) in [6.45, 7) is 5.28. The maximum atomic E-state index is 2.31. The molecule has 0 aromatic rings. The van der Waals surface area contributed by atoms with Gasteiger partial charge in [-0.15, -0.1) is 48.0 Å². The van der Waals surface area contributed by atoms with Gasteiger partial charge in [0, 0.05) is 0 Å². The van der Waals surface area contributed by atoms with Crippen LogP contribution in [-0.4, -0.2) is 50.1 Å². The molecule has 2 aliphatic rings. The van der Waals surface area contributed by atoms with Crippen LogP contribution in [0.4, 0.5) is 0 Å². The molecule has 0 radical (unpaired) electrons. The van der Waals surface area contributed by atoms with E-state index >= 15 is 0 Å². The fourth-order valence-electron chi connectivity index (χ4n) is 0.949. The second-order valence-electron chi connectivity index (χ2n) is 3.31. The minimum Gasteiger partial charge on any atom is -0.306 e. The third-order valence-electron chi connectivity index (χ3n) is 2.16. The van der Waals surface area contributed by atoms with Crippen molar-refractivity contribution < 1.29 is 0 Å². The molecule has 2 rings (SSSR count). The number of halogens is 2. The Bertz CT molecular complexity index is 81.1. The van der Waals surface area contributed by atoms with Crippen molar-refractivity contribution in [3.05, 3.63) is 0 Å². The van der Waals surface area contributed by atoms with E-state index in [9.17, 15) is 0 Å². The molecule has 2 fully saturated rings. The zero-order valence-electron chi connectivity index (χ0n) is 7.95. The van der Waals surface area contributed by atoms with Crippen LogP contribution in [0.3, 0.4) is 0 Å². The summed E-state index contributed by atoms with van der Waals surface area (Å²) in [6, 6.07) is 0. The van der Waals surface area contributed by atoms with E-state index in [0.717, 1.165) is 0 Å². The van der Waals surface area contributed by atoms with Gasteiger partial charge in [-0.05, 0) is 53.1 Å². The van der Waals surface area contributed by atoms with Gasteiger partial charge in [-0.1, -0.05) is 0 Å². The topological polar surface area (TPSA) is 6.48 Å². The molecule has 2 heterocycles. The van der Waals surface area contributed by atoms with E-state index < -0.39 is 0 Å². The molecule has 2 saturated heterocycles. The summed E-state index contributed by atoms with van der Waals surface area (Å²) in [5.41, 5.74) is 0. The molecule has 0 aromatic carbocycles. The standard InChI is InChI=1S/2C4H9N.2HI/c2*1-5-3-2-4-5;;/h2*2-4H2,1H3;2*1H. The van der Waals surface area contributed by atoms with Crippen LogP contribution in [-0.2, 0) is 0 Å². The molecule has 2 aliphatic heterocycles. The highest BCUT2D eigenvalue weighted by Crippen LogP contribution is 1.98. The fraction of sp³-hybridized carbons (Fsp3) is 1.00. The van der Waals surface area contributed by atoms with E-state index in [1.165, 1.54) is 39.0 Å². The highest BCUT2D eigenvalue weighted by Gasteiger charge is 2.05. The number of likely N-dealkylation sites (tertiary alicyclic amines) is 2. The zero-order valence-corrected chi connectivity index (χ0v) is 12.6. The van der Waals surface area contributed by atoms with Gasteiger partial charge >= 0.3 is 0 Å². The molecule has 4 heteroatoms. The molecule has 0 atom stereocenters. The second-order valence-corrected chi connectivity index (χ2v) is 3.31. The molecule has 76 valence electrons. The Morgan fingerprint density at radius 1 is 0.667 bits per heavy atom. The molecular weight excluding hydrogens is 378 g/mol. The maximum absolute atomic E-state index is 2.31. The van der Waals surface area contributed by atoms with Crippen molar-refractivity contribution >= 4 is 48.0 Å². The van der Waals surface area contributed by atoms with Crippen molar-refractivity contribution in [3.8, 4) is 0 Å². The van der Waals surface area contributed by atoms with Gasteiger partial charge < -0.3 is 9.80 Å². The van der Waals surface area contributed by atoms with E-state index in [-0.39, 0.29) is 48.0 Å². The lowest BCUT2D eigenvalue weighted by molar-refractivity contribution is 0.229.